The molecule has 0 saturated carbocycles. The Labute approximate surface area is 213 Å². The van der Waals surface area contributed by atoms with Crippen LogP contribution in [0.1, 0.15) is 38.0 Å². The Morgan fingerprint density at radius 1 is 0.838 bits per heavy atom. The average Bonchev–Trinajstić information content (AvgIpc) is 3.19. The summed E-state index contributed by atoms with van der Waals surface area (Å²) >= 11 is 0. The molecule has 1 saturated heterocycles. The SMILES string of the molecule is CC(OC(=O)c1ccc(N2C(=O)c3ccccc3C2=O)cc1)C(=O)Nc1ccc(N2CCOCC2)cc1. The Hall–Kier alpha value is -4.50. The number of morpholine rings is 1. The summed E-state index contributed by atoms with van der Waals surface area (Å²) in [6.07, 6.45) is -1.04. The monoisotopic (exact) mass is 499 g/mol. The third-order valence-electron chi connectivity index (χ3n) is 6.32. The third kappa shape index (κ3) is 4.94. The second-order valence-corrected chi connectivity index (χ2v) is 8.72. The Kier molecular flexibility index (Phi) is 6.70. The zero-order valence-electron chi connectivity index (χ0n) is 20.2. The van der Waals surface area contributed by atoms with E-state index in [0.717, 1.165) is 23.7 Å². The van der Waals surface area contributed by atoms with Gasteiger partial charge in [-0.3, -0.25) is 14.4 Å². The van der Waals surface area contributed by atoms with Crippen LogP contribution in [-0.4, -0.2) is 56.1 Å². The number of carbonyl (C=O) groups excluding carboxylic acids is 4. The number of rotatable bonds is 6. The molecule has 0 spiro atoms. The first-order valence-corrected chi connectivity index (χ1v) is 11.9. The molecule has 5 rings (SSSR count). The standard InChI is InChI=1S/C28H25N3O6/c1-18(25(32)29-20-8-12-21(13-9-20)30-14-16-36-17-15-30)37-28(35)19-6-10-22(11-7-19)31-26(33)23-4-2-3-5-24(23)27(31)34/h2-13,18H,14-17H2,1H3,(H,29,32). The summed E-state index contributed by atoms with van der Waals surface area (Å²) in [6, 6.07) is 20.0. The average molecular weight is 500 g/mol. The number of hydrogen-bond acceptors (Lipinski definition) is 7. The van der Waals surface area contributed by atoms with Crippen LogP contribution < -0.4 is 15.1 Å². The number of benzene rings is 3. The molecule has 1 N–H and O–H groups in total. The van der Waals surface area contributed by atoms with Crippen LogP contribution in [-0.2, 0) is 14.3 Å². The number of imide groups is 1. The molecule has 0 radical (unpaired) electrons. The highest BCUT2D eigenvalue weighted by molar-refractivity contribution is 6.34. The van der Waals surface area contributed by atoms with Gasteiger partial charge < -0.3 is 19.7 Å². The van der Waals surface area contributed by atoms with E-state index in [1.165, 1.54) is 31.2 Å². The highest BCUT2D eigenvalue weighted by Gasteiger charge is 2.36. The smallest absolute Gasteiger partial charge is 0.338 e. The molecule has 9 heteroatoms. The van der Waals surface area contributed by atoms with Crippen molar-refractivity contribution >= 4 is 40.8 Å². The quantitative estimate of drug-likeness (QED) is 0.409. The fraction of sp³-hybridized carbons (Fsp3) is 0.214. The Balaban J connectivity index is 1.18. The van der Waals surface area contributed by atoms with Crippen molar-refractivity contribution in [3.05, 3.63) is 89.5 Å². The zero-order valence-corrected chi connectivity index (χ0v) is 20.2. The van der Waals surface area contributed by atoms with Gasteiger partial charge in [-0.2, -0.15) is 0 Å². The minimum Gasteiger partial charge on any atom is -0.449 e. The summed E-state index contributed by atoms with van der Waals surface area (Å²) in [4.78, 5) is 53.8. The second kappa shape index (κ2) is 10.2. The fourth-order valence-corrected chi connectivity index (χ4v) is 4.27. The van der Waals surface area contributed by atoms with Gasteiger partial charge in [0, 0.05) is 24.5 Å². The Morgan fingerprint density at radius 3 is 2.00 bits per heavy atom. The van der Waals surface area contributed by atoms with E-state index in [2.05, 4.69) is 10.2 Å². The molecule has 1 unspecified atom stereocenters. The second-order valence-electron chi connectivity index (χ2n) is 8.72. The maximum absolute atomic E-state index is 12.7. The number of nitrogens with one attached hydrogen (secondary N) is 1. The summed E-state index contributed by atoms with van der Waals surface area (Å²) in [7, 11) is 0. The van der Waals surface area contributed by atoms with E-state index >= 15 is 0 Å². The van der Waals surface area contributed by atoms with Crippen molar-refractivity contribution in [3.63, 3.8) is 0 Å². The van der Waals surface area contributed by atoms with E-state index in [-0.39, 0.29) is 5.56 Å². The van der Waals surface area contributed by atoms with Gasteiger partial charge >= 0.3 is 5.97 Å². The van der Waals surface area contributed by atoms with Crippen LogP contribution in [0.2, 0.25) is 0 Å². The lowest BCUT2D eigenvalue weighted by Crippen LogP contribution is -2.36. The normalized spacial score (nSPS) is 15.8. The summed E-state index contributed by atoms with van der Waals surface area (Å²) in [5.74, 6) is -1.99. The number of anilines is 3. The number of hydrogen-bond donors (Lipinski definition) is 1. The highest BCUT2D eigenvalue weighted by Crippen LogP contribution is 2.28. The van der Waals surface area contributed by atoms with Gasteiger partial charge in [0.05, 0.1) is 35.6 Å². The molecule has 3 amide bonds. The first-order chi connectivity index (χ1) is 17.9. The maximum Gasteiger partial charge on any atom is 0.338 e. The van der Waals surface area contributed by atoms with Gasteiger partial charge in [-0.25, -0.2) is 9.69 Å². The van der Waals surface area contributed by atoms with E-state index in [0.29, 0.717) is 35.7 Å². The molecule has 37 heavy (non-hydrogen) atoms. The number of nitrogens with zero attached hydrogens (tertiary/aromatic N) is 2. The summed E-state index contributed by atoms with van der Waals surface area (Å²) in [6.45, 7) is 4.50. The van der Waals surface area contributed by atoms with Crippen molar-refractivity contribution in [2.45, 2.75) is 13.0 Å². The van der Waals surface area contributed by atoms with E-state index in [1.54, 1.807) is 36.4 Å². The molecule has 2 aliphatic rings. The number of ether oxygens (including phenoxy) is 2. The Morgan fingerprint density at radius 2 is 1.41 bits per heavy atom. The molecule has 2 aliphatic heterocycles. The van der Waals surface area contributed by atoms with Crippen LogP contribution in [0.15, 0.2) is 72.8 Å². The van der Waals surface area contributed by atoms with E-state index in [4.69, 9.17) is 9.47 Å². The molecule has 0 aliphatic carbocycles. The minimum absolute atomic E-state index is 0.190. The third-order valence-corrected chi connectivity index (χ3v) is 6.32. The molecule has 1 fully saturated rings. The molecule has 3 aromatic carbocycles. The molecule has 9 nitrogen and oxygen atoms in total. The molecule has 0 aromatic heterocycles. The molecular weight excluding hydrogens is 474 g/mol. The number of fused-ring (bicyclic) bond motifs is 1. The predicted molar refractivity (Wildman–Crippen MR) is 137 cm³/mol. The summed E-state index contributed by atoms with van der Waals surface area (Å²) in [5.41, 5.74) is 2.85. The highest BCUT2D eigenvalue weighted by atomic mass is 16.5. The van der Waals surface area contributed by atoms with Crippen molar-refractivity contribution in [1.29, 1.82) is 0 Å². The lowest BCUT2D eigenvalue weighted by Gasteiger charge is -2.28. The van der Waals surface area contributed by atoms with Gasteiger partial charge in [0.2, 0.25) is 0 Å². The van der Waals surface area contributed by atoms with Crippen LogP contribution in [0.3, 0.4) is 0 Å². The maximum atomic E-state index is 12.7. The van der Waals surface area contributed by atoms with Gasteiger partial charge in [-0.15, -0.1) is 0 Å². The molecule has 1 atom stereocenters. The topological polar surface area (TPSA) is 105 Å². The van der Waals surface area contributed by atoms with Crippen LogP contribution >= 0.6 is 0 Å². The van der Waals surface area contributed by atoms with Crippen LogP contribution in [0.4, 0.5) is 17.1 Å². The van der Waals surface area contributed by atoms with Gasteiger partial charge in [-0.05, 0) is 67.6 Å². The van der Waals surface area contributed by atoms with Crippen molar-refractivity contribution < 1.29 is 28.7 Å². The zero-order chi connectivity index (χ0) is 25.9. The van der Waals surface area contributed by atoms with E-state index in [9.17, 15) is 19.2 Å². The lowest BCUT2D eigenvalue weighted by atomic mass is 10.1. The molecule has 0 bridgehead atoms. The minimum atomic E-state index is -1.04. The van der Waals surface area contributed by atoms with Crippen LogP contribution in [0.5, 0.6) is 0 Å². The lowest BCUT2D eigenvalue weighted by molar-refractivity contribution is -0.123. The van der Waals surface area contributed by atoms with Gasteiger partial charge in [0.15, 0.2) is 6.10 Å². The van der Waals surface area contributed by atoms with Crippen molar-refractivity contribution in [2.24, 2.45) is 0 Å². The van der Waals surface area contributed by atoms with Gasteiger partial charge in [0.25, 0.3) is 17.7 Å². The fourth-order valence-electron chi connectivity index (χ4n) is 4.27. The van der Waals surface area contributed by atoms with Crippen molar-refractivity contribution in [2.75, 3.05) is 41.4 Å². The molecule has 2 heterocycles. The van der Waals surface area contributed by atoms with Crippen LogP contribution in [0.25, 0.3) is 0 Å². The first kappa shape index (κ1) is 24.2. The first-order valence-electron chi connectivity index (χ1n) is 11.9. The van der Waals surface area contributed by atoms with Gasteiger partial charge in [0.1, 0.15) is 0 Å². The predicted octanol–water partition coefficient (Wildman–Crippen LogP) is 3.51. The van der Waals surface area contributed by atoms with Gasteiger partial charge in [-0.1, -0.05) is 12.1 Å². The largest absolute Gasteiger partial charge is 0.449 e. The summed E-state index contributed by atoms with van der Waals surface area (Å²) in [5, 5.41) is 2.75. The summed E-state index contributed by atoms with van der Waals surface area (Å²) < 4.78 is 10.7. The van der Waals surface area contributed by atoms with E-state index in [1.807, 2.05) is 12.1 Å². The number of carbonyl (C=O) groups is 4. The number of amides is 3. The molecule has 3 aromatic rings. The van der Waals surface area contributed by atoms with Crippen LogP contribution in [0, 0.1) is 0 Å². The van der Waals surface area contributed by atoms with Crippen molar-refractivity contribution in [1.82, 2.24) is 0 Å². The Bertz CT molecular complexity index is 1310. The molecule has 188 valence electrons. The van der Waals surface area contributed by atoms with E-state index < -0.39 is 29.8 Å². The van der Waals surface area contributed by atoms with Crippen molar-refractivity contribution in [3.8, 4) is 0 Å². The molecular formula is C28H25N3O6. The number of esters is 1.